The topological polar surface area (TPSA) is 41.6 Å². The number of aryl methyl sites for hydroxylation is 1. The van der Waals surface area contributed by atoms with Gasteiger partial charge in [0.2, 0.25) is 0 Å². The number of nitrogens with one attached hydrogen (secondary N) is 1. The van der Waals surface area contributed by atoms with Crippen molar-refractivity contribution in [2.24, 2.45) is 0 Å². The van der Waals surface area contributed by atoms with Gasteiger partial charge in [-0.25, -0.2) is 5.01 Å². The monoisotopic (exact) mass is 240 g/mol. The minimum Gasteiger partial charge on any atom is -0.379 e. The Bertz CT molecular complexity index is 359. The zero-order valence-electron chi connectivity index (χ0n) is 9.36. The molecular formula is C11H16N2O2S. The summed E-state index contributed by atoms with van der Waals surface area (Å²) in [5.74, 6) is -0.00778. The van der Waals surface area contributed by atoms with Gasteiger partial charge in [-0.05, 0) is 18.6 Å². The number of carbonyl (C=O) groups is 1. The average Bonchev–Trinajstić information content (AvgIpc) is 2.79. The molecule has 1 aliphatic heterocycles. The Kier molecular flexibility index (Phi) is 3.93. The second kappa shape index (κ2) is 5.43. The average molecular weight is 240 g/mol. The number of nitrogens with zero attached hydrogens (tertiary/aromatic N) is 1. The van der Waals surface area contributed by atoms with Gasteiger partial charge in [0, 0.05) is 18.0 Å². The lowest BCUT2D eigenvalue weighted by Crippen LogP contribution is -2.48. The lowest BCUT2D eigenvalue weighted by atomic mass is 10.3. The van der Waals surface area contributed by atoms with Crippen LogP contribution in [-0.2, 0) is 11.2 Å². The smallest absolute Gasteiger partial charge is 0.275 e. The molecule has 0 bridgehead atoms. The molecule has 0 saturated carbocycles. The Morgan fingerprint density at radius 2 is 2.25 bits per heavy atom. The molecule has 0 unspecified atom stereocenters. The van der Waals surface area contributed by atoms with Gasteiger partial charge >= 0.3 is 0 Å². The van der Waals surface area contributed by atoms with Crippen LogP contribution < -0.4 is 5.43 Å². The van der Waals surface area contributed by atoms with E-state index in [1.54, 1.807) is 11.3 Å². The van der Waals surface area contributed by atoms with E-state index in [1.165, 1.54) is 4.88 Å². The summed E-state index contributed by atoms with van der Waals surface area (Å²) < 4.78 is 5.22. The van der Waals surface area contributed by atoms with Gasteiger partial charge in [0.25, 0.3) is 5.91 Å². The number of thiophene rings is 1. The standard InChI is InChI=1S/C11H16N2O2S/c1-2-9-3-4-10(16-9)11(14)12-13-5-7-15-8-6-13/h3-4H,2,5-8H2,1H3,(H,12,14). The second-order valence-electron chi connectivity index (χ2n) is 3.66. The van der Waals surface area contributed by atoms with Crippen LogP contribution in [0.2, 0.25) is 0 Å². The SMILES string of the molecule is CCc1ccc(C(=O)NN2CCOCC2)s1. The predicted molar refractivity (Wildman–Crippen MR) is 63.6 cm³/mol. The molecule has 1 aliphatic rings. The van der Waals surface area contributed by atoms with Crippen LogP contribution in [0.15, 0.2) is 12.1 Å². The van der Waals surface area contributed by atoms with Crippen molar-refractivity contribution in [1.29, 1.82) is 0 Å². The summed E-state index contributed by atoms with van der Waals surface area (Å²) in [4.78, 5) is 13.9. The molecule has 1 N–H and O–H groups in total. The molecule has 4 nitrogen and oxygen atoms in total. The predicted octanol–water partition coefficient (Wildman–Crippen LogP) is 1.29. The molecule has 1 saturated heterocycles. The number of carbonyl (C=O) groups excluding carboxylic acids is 1. The molecule has 1 fully saturated rings. The van der Waals surface area contributed by atoms with Gasteiger partial charge in [-0.1, -0.05) is 6.92 Å². The third-order valence-electron chi connectivity index (χ3n) is 2.50. The van der Waals surface area contributed by atoms with Crippen molar-refractivity contribution < 1.29 is 9.53 Å². The van der Waals surface area contributed by atoms with Crippen LogP contribution in [0.4, 0.5) is 0 Å². The van der Waals surface area contributed by atoms with Gasteiger partial charge in [0.15, 0.2) is 0 Å². The van der Waals surface area contributed by atoms with Gasteiger partial charge in [-0.15, -0.1) is 11.3 Å². The Hall–Kier alpha value is -0.910. The summed E-state index contributed by atoms with van der Waals surface area (Å²) in [5.41, 5.74) is 2.90. The minimum absolute atomic E-state index is 0.00778. The first-order valence-corrected chi connectivity index (χ1v) is 6.33. The maximum atomic E-state index is 11.9. The first-order valence-electron chi connectivity index (χ1n) is 5.52. The zero-order valence-corrected chi connectivity index (χ0v) is 10.2. The van der Waals surface area contributed by atoms with Crippen LogP contribution in [0.5, 0.6) is 0 Å². The highest BCUT2D eigenvalue weighted by molar-refractivity contribution is 7.14. The minimum atomic E-state index is -0.00778. The number of amides is 1. The molecule has 1 aromatic rings. The second-order valence-corrected chi connectivity index (χ2v) is 4.83. The summed E-state index contributed by atoms with van der Waals surface area (Å²) in [6, 6.07) is 3.90. The summed E-state index contributed by atoms with van der Waals surface area (Å²) in [6.45, 7) is 4.99. The molecule has 1 aromatic heterocycles. The quantitative estimate of drug-likeness (QED) is 0.865. The maximum Gasteiger partial charge on any atom is 0.275 e. The van der Waals surface area contributed by atoms with Crippen molar-refractivity contribution in [3.8, 4) is 0 Å². The van der Waals surface area contributed by atoms with E-state index in [9.17, 15) is 4.79 Å². The van der Waals surface area contributed by atoms with Gasteiger partial charge in [0.05, 0.1) is 18.1 Å². The normalized spacial score (nSPS) is 17.3. The molecule has 1 amide bonds. The number of ether oxygens (including phenoxy) is 1. The summed E-state index contributed by atoms with van der Waals surface area (Å²) in [5, 5.41) is 1.91. The lowest BCUT2D eigenvalue weighted by Gasteiger charge is -2.26. The lowest BCUT2D eigenvalue weighted by molar-refractivity contribution is 0.0127. The highest BCUT2D eigenvalue weighted by Crippen LogP contribution is 2.16. The van der Waals surface area contributed by atoms with Crippen LogP contribution in [0.1, 0.15) is 21.5 Å². The molecule has 16 heavy (non-hydrogen) atoms. The van der Waals surface area contributed by atoms with E-state index in [2.05, 4.69) is 12.3 Å². The Morgan fingerprint density at radius 1 is 1.50 bits per heavy atom. The fraction of sp³-hybridized carbons (Fsp3) is 0.545. The number of morpholine rings is 1. The number of hydrogen-bond donors (Lipinski definition) is 1. The van der Waals surface area contributed by atoms with Gasteiger partial charge < -0.3 is 4.74 Å². The van der Waals surface area contributed by atoms with Crippen molar-refractivity contribution in [3.63, 3.8) is 0 Å². The van der Waals surface area contributed by atoms with Gasteiger partial charge in [-0.2, -0.15) is 0 Å². The van der Waals surface area contributed by atoms with E-state index in [4.69, 9.17) is 4.74 Å². The fourth-order valence-electron chi connectivity index (χ4n) is 1.56. The van der Waals surface area contributed by atoms with E-state index >= 15 is 0 Å². The summed E-state index contributed by atoms with van der Waals surface area (Å²) in [6.07, 6.45) is 0.982. The molecule has 0 atom stereocenters. The van der Waals surface area contributed by atoms with E-state index in [0.717, 1.165) is 24.4 Å². The molecule has 0 spiro atoms. The van der Waals surface area contributed by atoms with E-state index in [1.807, 2.05) is 17.1 Å². The van der Waals surface area contributed by atoms with Crippen LogP contribution in [0.3, 0.4) is 0 Å². The number of rotatable bonds is 3. The molecule has 0 aliphatic carbocycles. The number of hydrogen-bond acceptors (Lipinski definition) is 4. The van der Waals surface area contributed by atoms with Gasteiger partial charge in [0.1, 0.15) is 0 Å². The molecule has 0 aromatic carbocycles. The summed E-state index contributed by atoms with van der Waals surface area (Å²) in [7, 11) is 0. The highest BCUT2D eigenvalue weighted by Gasteiger charge is 2.15. The van der Waals surface area contributed by atoms with Gasteiger partial charge in [-0.3, -0.25) is 10.2 Å². The Morgan fingerprint density at radius 3 is 2.88 bits per heavy atom. The molecule has 2 heterocycles. The van der Waals surface area contributed by atoms with E-state index in [0.29, 0.717) is 13.2 Å². The van der Waals surface area contributed by atoms with Crippen molar-refractivity contribution in [1.82, 2.24) is 10.4 Å². The van der Waals surface area contributed by atoms with Crippen LogP contribution in [-0.4, -0.2) is 37.2 Å². The summed E-state index contributed by atoms with van der Waals surface area (Å²) >= 11 is 1.56. The molecule has 88 valence electrons. The van der Waals surface area contributed by atoms with Crippen LogP contribution in [0, 0.1) is 0 Å². The first kappa shape index (κ1) is 11.6. The molecule has 5 heteroatoms. The number of hydrazine groups is 1. The maximum absolute atomic E-state index is 11.9. The van der Waals surface area contributed by atoms with Crippen molar-refractivity contribution in [2.75, 3.05) is 26.3 Å². The Balaban J connectivity index is 1.91. The Labute approximate surface area is 99.2 Å². The molecule has 0 radical (unpaired) electrons. The van der Waals surface area contributed by atoms with E-state index in [-0.39, 0.29) is 5.91 Å². The third-order valence-corrected chi connectivity index (χ3v) is 3.73. The van der Waals surface area contributed by atoms with Crippen LogP contribution in [0.25, 0.3) is 0 Å². The fourth-order valence-corrected chi connectivity index (χ4v) is 2.40. The first-order chi connectivity index (χ1) is 7.79. The molecule has 2 rings (SSSR count). The van der Waals surface area contributed by atoms with Crippen molar-refractivity contribution in [3.05, 3.63) is 21.9 Å². The van der Waals surface area contributed by atoms with Crippen molar-refractivity contribution >= 4 is 17.2 Å². The molecular weight excluding hydrogens is 224 g/mol. The van der Waals surface area contributed by atoms with E-state index < -0.39 is 0 Å². The third kappa shape index (κ3) is 2.81. The zero-order chi connectivity index (χ0) is 11.4. The highest BCUT2D eigenvalue weighted by atomic mass is 32.1. The van der Waals surface area contributed by atoms with Crippen LogP contribution >= 0.6 is 11.3 Å². The van der Waals surface area contributed by atoms with Crippen molar-refractivity contribution in [2.45, 2.75) is 13.3 Å². The largest absolute Gasteiger partial charge is 0.379 e.